The van der Waals surface area contributed by atoms with E-state index in [4.69, 9.17) is 28.4 Å². The zero-order valence-electron chi connectivity index (χ0n) is 48.7. The zero-order chi connectivity index (χ0) is 58.6. The first-order valence-electron chi connectivity index (χ1n) is 29.8. The lowest BCUT2D eigenvalue weighted by atomic mass is 9.86. The van der Waals surface area contributed by atoms with Crippen LogP contribution in [0.1, 0.15) is 157 Å². The molecule has 6 heterocycles. The highest BCUT2D eigenvalue weighted by Gasteiger charge is 2.59. The van der Waals surface area contributed by atoms with Crippen LogP contribution in [0.4, 0.5) is 17.8 Å². The molecule has 0 aromatic carbocycles. The number of nitrogens with zero attached hydrogens (tertiary/aromatic N) is 5. The Labute approximate surface area is 477 Å². The molecule has 81 heavy (non-hydrogen) atoms. The Balaban J connectivity index is 0.843. The molecule has 0 aliphatic carbocycles. The average molecular weight is 1150 g/mol. The minimum Gasteiger partial charge on any atom is -0.390 e. The average Bonchev–Trinajstić information content (AvgIpc) is 4.30. The summed E-state index contributed by atoms with van der Waals surface area (Å²) in [5, 5.41) is 51.0. The molecule has 5 fully saturated rings. The summed E-state index contributed by atoms with van der Waals surface area (Å²) in [5.41, 5.74) is -2.60. The van der Waals surface area contributed by atoms with Gasteiger partial charge in [-0.3, -0.25) is 28.8 Å². The molecular weight excluding hydrogens is 1050 g/mol. The van der Waals surface area contributed by atoms with Crippen LogP contribution < -0.4 is 20.9 Å². The highest BCUT2D eigenvalue weighted by molar-refractivity contribution is 5.84. The molecular formula is C57H94N8O16. The van der Waals surface area contributed by atoms with Crippen LogP contribution in [0.15, 0.2) is 0 Å². The molecule has 5 aliphatic heterocycles. The van der Waals surface area contributed by atoms with Crippen LogP contribution in [0.3, 0.4) is 0 Å². The number of piperazine rings is 1. The summed E-state index contributed by atoms with van der Waals surface area (Å²) in [7, 11) is 0. The van der Waals surface area contributed by atoms with Crippen LogP contribution in [0.25, 0.3) is 0 Å². The van der Waals surface area contributed by atoms with E-state index in [0.29, 0.717) is 155 Å². The number of rotatable bonds is 38. The maximum Gasteiger partial charge on any atom is 0.232 e. The number of carbonyl (C=O) groups excluding carboxylic acids is 6. The first-order chi connectivity index (χ1) is 38.7. The summed E-state index contributed by atoms with van der Waals surface area (Å²) in [5.74, 6) is 0.545. The van der Waals surface area contributed by atoms with Crippen molar-refractivity contribution < 1.29 is 77.6 Å². The van der Waals surface area contributed by atoms with Crippen LogP contribution in [0, 0.1) is 17.3 Å². The van der Waals surface area contributed by atoms with Gasteiger partial charge in [0.15, 0.2) is 12.6 Å². The molecule has 0 saturated carbocycles. The normalized spacial score (nSPS) is 27.1. The van der Waals surface area contributed by atoms with Gasteiger partial charge in [-0.15, -0.1) is 0 Å². The molecule has 5 saturated heterocycles. The molecule has 10 atom stereocenters. The highest BCUT2D eigenvalue weighted by atomic mass is 16.8. The van der Waals surface area contributed by atoms with Gasteiger partial charge in [0.05, 0.1) is 38.6 Å². The Morgan fingerprint density at radius 2 is 1.04 bits per heavy atom. The van der Waals surface area contributed by atoms with E-state index in [1.54, 1.807) is 18.7 Å². The van der Waals surface area contributed by atoms with Gasteiger partial charge in [-0.05, 0) is 57.8 Å². The first-order valence-corrected chi connectivity index (χ1v) is 29.8. The number of aromatic nitrogens is 3. The van der Waals surface area contributed by atoms with Crippen molar-refractivity contribution in [1.29, 1.82) is 0 Å². The van der Waals surface area contributed by atoms with E-state index in [0.717, 1.165) is 6.42 Å². The van der Waals surface area contributed by atoms with Crippen molar-refractivity contribution in [2.24, 2.45) is 17.3 Å². The number of carbonyl (C=O) groups is 6. The number of Topliss-reactive ketones (excluding diaryl/α,β-unsaturated/α-hetero) is 4. The molecule has 24 nitrogen and oxygen atoms in total. The van der Waals surface area contributed by atoms with E-state index in [1.165, 1.54) is 0 Å². The Kier molecular flexibility index (Phi) is 26.0. The third-order valence-corrected chi connectivity index (χ3v) is 16.1. The first kappa shape index (κ1) is 65.8. The van der Waals surface area contributed by atoms with Crippen molar-refractivity contribution in [1.82, 2.24) is 25.2 Å². The van der Waals surface area contributed by atoms with Crippen molar-refractivity contribution >= 4 is 52.8 Å². The highest BCUT2D eigenvalue weighted by Crippen LogP contribution is 2.41. The van der Waals surface area contributed by atoms with Gasteiger partial charge in [-0.1, -0.05) is 41.0 Å². The summed E-state index contributed by atoms with van der Waals surface area (Å²) in [6.45, 7) is 13.2. The van der Waals surface area contributed by atoms with Crippen molar-refractivity contribution in [3.05, 3.63) is 0 Å². The molecule has 24 heteroatoms. The van der Waals surface area contributed by atoms with E-state index in [2.05, 4.69) is 30.9 Å². The van der Waals surface area contributed by atoms with Crippen molar-refractivity contribution in [3.8, 4) is 0 Å². The Morgan fingerprint density at radius 1 is 0.568 bits per heavy atom. The number of ether oxygens (including phenoxy) is 6. The van der Waals surface area contributed by atoms with E-state index in [-0.39, 0.29) is 111 Å². The maximum absolute atomic E-state index is 13.1. The number of amides is 2. The minimum atomic E-state index is -1.10. The molecule has 6 rings (SSSR count). The summed E-state index contributed by atoms with van der Waals surface area (Å²) < 4.78 is 34.5. The number of ketones is 4. The Hall–Kier alpha value is -4.37. The fraction of sp³-hybridized carbons (Fsp3) is 0.842. The predicted octanol–water partition coefficient (Wildman–Crippen LogP) is 3.19. The molecule has 0 radical (unpaired) electrons. The van der Waals surface area contributed by atoms with E-state index in [1.807, 2.05) is 25.7 Å². The van der Waals surface area contributed by atoms with Crippen molar-refractivity contribution in [3.63, 3.8) is 0 Å². The van der Waals surface area contributed by atoms with Crippen LogP contribution in [-0.4, -0.2) is 209 Å². The smallest absolute Gasteiger partial charge is 0.232 e. The summed E-state index contributed by atoms with van der Waals surface area (Å²) in [6.07, 6.45) is 4.47. The number of unbranched alkanes of at least 4 members (excludes halogenated alkanes) is 5. The van der Waals surface area contributed by atoms with Gasteiger partial charge in [0.1, 0.15) is 46.5 Å². The van der Waals surface area contributed by atoms with Gasteiger partial charge in [-0.2, -0.15) is 15.0 Å². The summed E-state index contributed by atoms with van der Waals surface area (Å²) >= 11 is 0. The van der Waals surface area contributed by atoms with Crippen LogP contribution >= 0.6 is 0 Å². The molecule has 5 aliphatic rings. The second kappa shape index (κ2) is 32.1. The van der Waals surface area contributed by atoms with Crippen LogP contribution in [0.5, 0.6) is 0 Å². The van der Waals surface area contributed by atoms with Crippen LogP contribution in [-0.2, 0) is 57.2 Å². The lowest BCUT2D eigenvalue weighted by Gasteiger charge is -2.41. The lowest BCUT2D eigenvalue weighted by Crippen LogP contribution is -2.60. The topological polar surface area (TPSA) is 320 Å². The molecule has 0 unspecified atom stereocenters. The number of hydrogen-bond donors (Lipinski definition) is 7. The van der Waals surface area contributed by atoms with Crippen molar-refractivity contribution in [2.75, 3.05) is 101 Å². The number of aliphatic hydroxyl groups is 4. The van der Waals surface area contributed by atoms with Gasteiger partial charge < -0.3 is 74.6 Å². The third kappa shape index (κ3) is 19.9. The second-order valence-corrected chi connectivity index (χ2v) is 23.8. The molecule has 4 bridgehead atoms. The van der Waals surface area contributed by atoms with Crippen molar-refractivity contribution in [2.45, 2.75) is 205 Å². The number of hydrogen-bond acceptors (Lipinski definition) is 22. The maximum atomic E-state index is 13.1. The van der Waals surface area contributed by atoms with E-state index < -0.39 is 53.6 Å². The molecule has 2 amide bonds. The number of aliphatic hydroxyl groups excluding tert-OH is 4. The van der Waals surface area contributed by atoms with E-state index in [9.17, 15) is 49.2 Å². The number of fused-ring (bicyclic) bond motifs is 4. The standard InChI is InChI=1S/C57H94N8O16/c1-38-46(72)48(74)56(36-78-50(38)80-56)34-76-32-13-10-19-40(66)16-7-6-8-17-42(68)23-26-59-52-61-53(63-54(62-52)65-30-28-64(29-31-65)45(71)22-15-21-43(69)55(3,4)5)60-27-24-44(70)58-25-12-9-18-41(67)20-11-14-33-77-35-57-37-79-51(81-57)39(2)47(73)49(57)75/h38-39,46-51,72-75H,6-37H2,1-5H3,(H,58,70)(H2,59,60,61,62,63)/t38-,39-,46-,47-,48-,49-,50+,51+,56+,57+/m1/s1. The Morgan fingerprint density at radius 3 is 1.54 bits per heavy atom. The predicted molar refractivity (Wildman–Crippen MR) is 297 cm³/mol. The molecule has 1 aromatic rings. The number of nitrogens with one attached hydrogen (secondary N) is 3. The van der Waals surface area contributed by atoms with Gasteiger partial charge in [0, 0.05) is 134 Å². The van der Waals surface area contributed by atoms with Gasteiger partial charge >= 0.3 is 0 Å². The van der Waals surface area contributed by atoms with Gasteiger partial charge in [0.25, 0.3) is 0 Å². The SMILES string of the molecule is C[C@H]1[C@H]2OC[C@](COCCCCC(=O)CCCCCC(=O)CCNc3nc(NCCC(=O)NCCCCC(=O)CCCCOC[C@@]45CO[C@@H](O4)[C@H](C)[C@@H](O)[C@H]5O)nc(N4CCN(C(=O)CCCC(=O)C(C)(C)C)CC4)n3)(O2)[C@H](O)[C@@H]1O. The number of anilines is 3. The summed E-state index contributed by atoms with van der Waals surface area (Å²) in [6, 6.07) is 0. The largest absolute Gasteiger partial charge is 0.390 e. The minimum absolute atomic E-state index is 0.0000338. The lowest BCUT2D eigenvalue weighted by molar-refractivity contribution is -0.248. The van der Waals surface area contributed by atoms with Gasteiger partial charge in [-0.25, -0.2) is 0 Å². The van der Waals surface area contributed by atoms with Crippen LogP contribution in [0.2, 0.25) is 0 Å². The fourth-order valence-corrected chi connectivity index (χ4v) is 10.6. The fourth-order valence-electron chi connectivity index (χ4n) is 10.6. The molecule has 0 spiro atoms. The second-order valence-electron chi connectivity index (χ2n) is 23.8. The van der Waals surface area contributed by atoms with Gasteiger partial charge in [0.2, 0.25) is 29.7 Å². The molecule has 7 N–H and O–H groups in total. The molecule has 1 aromatic heterocycles. The summed E-state index contributed by atoms with van der Waals surface area (Å²) in [4.78, 5) is 93.8. The zero-order valence-corrected chi connectivity index (χ0v) is 48.7. The quantitative estimate of drug-likeness (QED) is 0.0468. The Bertz CT molecular complexity index is 2080. The monoisotopic (exact) mass is 1150 g/mol. The van der Waals surface area contributed by atoms with E-state index >= 15 is 0 Å². The third-order valence-electron chi connectivity index (χ3n) is 16.1. The molecule has 458 valence electrons.